The van der Waals surface area contributed by atoms with Crippen LogP contribution in [-0.4, -0.2) is 34.1 Å². The topological polar surface area (TPSA) is 49.0 Å². The van der Waals surface area contributed by atoms with Crippen LogP contribution in [0.5, 0.6) is 0 Å². The molecule has 3 rings (SSSR count). The van der Waals surface area contributed by atoms with E-state index in [1.165, 1.54) is 6.42 Å². The Labute approximate surface area is 112 Å². The number of hydrogen-bond acceptors (Lipinski definition) is 2. The molecular formula is C15H19N3O. The second-order valence-electron chi connectivity index (χ2n) is 5.29. The molecule has 4 nitrogen and oxygen atoms in total. The molecule has 0 bridgehead atoms. The van der Waals surface area contributed by atoms with Crippen molar-refractivity contribution in [1.82, 2.24) is 15.1 Å². The second kappa shape index (κ2) is 5.03. The summed E-state index contributed by atoms with van der Waals surface area (Å²) < 4.78 is 0. The van der Waals surface area contributed by atoms with E-state index in [9.17, 15) is 4.79 Å². The molecule has 1 fully saturated rings. The van der Waals surface area contributed by atoms with Gasteiger partial charge in [0.05, 0.1) is 5.52 Å². The number of carbonyl (C=O) groups is 1. The molecule has 1 amide bonds. The van der Waals surface area contributed by atoms with Crippen molar-refractivity contribution < 1.29 is 4.79 Å². The molecule has 0 radical (unpaired) electrons. The van der Waals surface area contributed by atoms with E-state index in [2.05, 4.69) is 17.1 Å². The van der Waals surface area contributed by atoms with Crippen LogP contribution in [0.4, 0.5) is 0 Å². The number of nitrogens with zero attached hydrogens (tertiary/aromatic N) is 2. The number of para-hydroxylation sites is 1. The van der Waals surface area contributed by atoms with Gasteiger partial charge < -0.3 is 4.90 Å². The first kappa shape index (κ1) is 12.2. The summed E-state index contributed by atoms with van der Waals surface area (Å²) in [6.45, 7) is 3.93. The molecular weight excluding hydrogens is 238 g/mol. The summed E-state index contributed by atoms with van der Waals surface area (Å²) in [5, 5.41) is 8.06. The maximum absolute atomic E-state index is 12.6. The maximum Gasteiger partial charge on any atom is 0.275 e. The summed E-state index contributed by atoms with van der Waals surface area (Å²) in [5.41, 5.74) is 1.49. The number of piperidine rings is 1. The number of H-pyrrole nitrogens is 1. The summed E-state index contributed by atoms with van der Waals surface area (Å²) in [7, 11) is 0. The van der Waals surface area contributed by atoms with Gasteiger partial charge in [0.1, 0.15) is 0 Å². The van der Waals surface area contributed by atoms with E-state index < -0.39 is 0 Å². The zero-order valence-corrected chi connectivity index (χ0v) is 11.2. The smallest absolute Gasteiger partial charge is 0.275 e. The van der Waals surface area contributed by atoms with Gasteiger partial charge in [-0.05, 0) is 24.8 Å². The summed E-state index contributed by atoms with van der Waals surface area (Å²) in [4.78, 5) is 14.5. The van der Waals surface area contributed by atoms with Crippen molar-refractivity contribution in [3.05, 3.63) is 30.0 Å². The summed E-state index contributed by atoms with van der Waals surface area (Å²) in [6, 6.07) is 7.79. The largest absolute Gasteiger partial charge is 0.337 e. The molecule has 2 aromatic rings. The van der Waals surface area contributed by atoms with Crippen molar-refractivity contribution in [3.8, 4) is 0 Å². The van der Waals surface area contributed by atoms with Crippen molar-refractivity contribution in [2.45, 2.75) is 26.2 Å². The quantitative estimate of drug-likeness (QED) is 0.899. The van der Waals surface area contributed by atoms with Gasteiger partial charge in [-0.25, -0.2) is 0 Å². The number of hydrogen-bond donors (Lipinski definition) is 1. The minimum atomic E-state index is 0.0654. The molecule has 1 N–H and O–H groups in total. The molecule has 19 heavy (non-hydrogen) atoms. The highest BCUT2D eigenvalue weighted by Gasteiger charge is 2.25. The molecule has 0 saturated carbocycles. The number of aromatic amines is 1. The molecule has 1 aromatic carbocycles. The summed E-state index contributed by atoms with van der Waals surface area (Å²) in [5.74, 6) is 0.707. The zero-order valence-electron chi connectivity index (χ0n) is 11.2. The molecule has 1 atom stereocenters. The second-order valence-corrected chi connectivity index (χ2v) is 5.29. The summed E-state index contributed by atoms with van der Waals surface area (Å²) in [6.07, 6.45) is 3.49. The van der Waals surface area contributed by atoms with E-state index >= 15 is 0 Å². The number of benzene rings is 1. The average Bonchev–Trinajstić information content (AvgIpc) is 2.90. The lowest BCUT2D eigenvalue weighted by atomic mass is 9.95. The van der Waals surface area contributed by atoms with E-state index in [0.717, 1.165) is 36.8 Å². The van der Waals surface area contributed by atoms with Crippen LogP contribution < -0.4 is 0 Å². The standard InChI is InChI=1S/C15H19N3O/c1-2-11-6-5-9-18(10-11)15(19)14-12-7-3-4-8-13(12)16-17-14/h3-4,7-8,11H,2,5-6,9-10H2,1H3,(H,16,17)/t11-/m0/s1. The zero-order chi connectivity index (χ0) is 13.2. The molecule has 4 heteroatoms. The molecule has 0 spiro atoms. The third-order valence-corrected chi connectivity index (χ3v) is 4.06. The molecule has 1 saturated heterocycles. The number of likely N-dealkylation sites (tertiary alicyclic amines) is 1. The van der Waals surface area contributed by atoms with Gasteiger partial charge in [-0.1, -0.05) is 31.5 Å². The van der Waals surface area contributed by atoms with Crippen molar-refractivity contribution in [2.75, 3.05) is 13.1 Å². The minimum Gasteiger partial charge on any atom is -0.337 e. The van der Waals surface area contributed by atoms with Crippen molar-refractivity contribution >= 4 is 16.8 Å². The first-order valence-electron chi connectivity index (χ1n) is 7.02. The lowest BCUT2D eigenvalue weighted by Gasteiger charge is -2.31. The predicted molar refractivity (Wildman–Crippen MR) is 75.0 cm³/mol. The third-order valence-electron chi connectivity index (χ3n) is 4.06. The van der Waals surface area contributed by atoms with Crippen LogP contribution in [0.15, 0.2) is 24.3 Å². The van der Waals surface area contributed by atoms with Gasteiger partial charge in [0, 0.05) is 18.5 Å². The van der Waals surface area contributed by atoms with Gasteiger partial charge in [-0.3, -0.25) is 9.89 Å². The Kier molecular flexibility index (Phi) is 3.23. The predicted octanol–water partition coefficient (Wildman–Crippen LogP) is 2.83. The lowest BCUT2D eigenvalue weighted by Crippen LogP contribution is -2.40. The number of nitrogens with one attached hydrogen (secondary N) is 1. The Balaban J connectivity index is 1.87. The summed E-state index contributed by atoms with van der Waals surface area (Å²) >= 11 is 0. The van der Waals surface area contributed by atoms with Gasteiger partial charge in [0.2, 0.25) is 0 Å². The number of aromatic nitrogens is 2. The minimum absolute atomic E-state index is 0.0654. The maximum atomic E-state index is 12.6. The van der Waals surface area contributed by atoms with Crippen LogP contribution in [0, 0.1) is 5.92 Å². The first-order valence-corrected chi connectivity index (χ1v) is 7.02. The first-order chi connectivity index (χ1) is 9.29. The highest BCUT2D eigenvalue weighted by Crippen LogP contribution is 2.23. The van der Waals surface area contributed by atoms with E-state index in [1.807, 2.05) is 29.2 Å². The molecule has 2 heterocycles. The number of rotatable bonds is 2. The van der Waals surface area contributed by atoms with Crippen LogP contribution in [0.3, 0.4) is 0 Å². The van der Waals surface area contributed by atoms with Crippen LogP contribution in [0.25, 0.3) is 10.9 Å². The fourth-order valence-electron chi connectivity index (χ4n) is 2.86. The Hall–Kier alpha value is -1.84. The third kappa shape index (κ3) is 2.23. The van der Waals surface area contributed by atoms with Crippen molar-refractivity contribution in [3.63, 3.8) is 0 Å². The van der Waals surface area contributed by atoms with Crippen molar-refractivity contribution in [2.24, 2.45) is 5.92 Å². The molecule has 1 aliphatic rings. The highest BCUT2D eigenvalue weighted by molar-refractivity contribution is 6.04. The number of carbonyl (C=O) groups excluding carboxylic acids is 1. The average molecular weight is 257 g/mol. The molecule has 0 unspecified atom stereocenters. The van der Waals surface area contributed by atoms with Crippen LogP contribution in [0.1, 0.15) is 36.7 Å². The van der Waals surface area contributed by atoms with Gasteiger partial charge >= 0.3 is 0 Å². The van der Waals surface area contributed by atoms with Gasteiger partial charge in [0.25, 0.3) is 5.91 Å². The van der Waals surface area contributed by atoms with Gasteiger partial charge in [-0.2, -0.15) is 5.10 Å². The van der Waals surface area contributed by atoms with Crippen LogP contribution in [0.2, 0.25) is 0 Å². The number of amides is 1. The Morgan fingerprint density at radius 1 is 1.47 bits per heavy atom. The van der Waals surface area contributed by atoms with Gasteiger partial charge in [0.15, 0.2) is 5.69 Å². The van der Waals surface area contributed by atoms with E-state index in [0.29, 0.717) is 11.6 Å². The fourth-order valence-corrected chi connectivity index (χ4v) is 2.86. The SMILES string of the molecule is CC[C@H]1CCCN(C(=O)c2n[nH]c3ccccc23)C1. The van der Waals surface area contributed by atoms with E-state index in [4.69, 9.17) is 0 Å². The molecule has 1 aliphatic heterocycles. The number of fused-ring (bicyclic) bond motifs is 1. The normalized spacial score (nSPS) is 19.8. The van der Waals surface area contributed by atoms with E-state index in [-0.39, 0.29) is 5.91 Å². The van der Waals surface area contributed by atoms with E-state index in [1.54, 1.807) is 0 Å². The van der Waals surface area contributed by atoms with Crippen molar-refractivity contribution in [1.29, 1.82) is 0 Å². The van der Waals surface area contributed by atoms with Crippen LogP contribution >= 0.6 is 0 Å². The fraction of sp³-hybridized carbons (Fsp3) is 0.467. The Bertz CT molecular complexity index is 590. The molecule has 1 aromatic heterocycles. The lowest BCUT2D eigenvalue weighted by molar-refractivity contribution is 0.0667. The monoisotopic (exact) mass is 257 g/mol. The Morgan fingerprint density at radius 3 is 3.16 bits per heavy atom. The highest BCUT2D eigenvalue weighted by atomic mass is 16.2. The van der Waals surface area contributed by atoms with Crippen LogP contribution in [-0.2, 0) is 0 Å². The van der Waals surface area contributed by atoms with Gasteiger partial charge in [-0.15, -0.1) is 0 Å². The Morgan fingerprint density at radius 2 is 2.32 bits per heavy atom. The molecule has 0 aliphatic carbocycles. The molecule has 100 valence electrons.